The maximum absolute atomic E-state index is 11.1. The summed E-state index contributed by atoms with van der Waals surface area (Å²) in [6.45, 7) is 5.54. The van der Waals surface area contributed by atoms with Crippen molar-refractivity contribution in [2.24, 2.45) is 0 Å². The summed E-state index contributed by atoms with van der Waals surface area (Å²) in [5.41, 5.74) is 0. The van der Waals surface area contributed by atoms with Gasteiger partial charge in [-0.15, -0.1) is 5.10 Å². The minimum absolute atomic E-state index is 0.118. The van der Waals surface area contributed by atoms with Crippen LogP contribution in [0, 0.1) is 6.92 Å². The molecule has 1 rings (SSSR count). The van der Waals surface area contributed by atoms with Gasteiger partial charge in [-0.2, -0.15) is 0 Å². The summed E-state index contributed by atoms with van der Waals surface area (Å²) in [7, 11) is 0. The van der Waals surface area contributed by atoms with Crippen LogP contribution in [0.5, 0.6) is 0 Å². The molecule has 1 aromatic heterocycles. The molecular formula is C9H16N4O. The van der Waals surface area contributed by atoms with E-state index < -0.39 is 0 Å². The number of hydrogen-bond donors (Lipinski definition) is 0. The van der Waals surface area contributed by atoms with Crippen LogP contribution in [-0.2, 0) is 4.79 Å². The molecule has 1 atom stereocenters. The number of aromatic nitrogens is 4. The minimum atomic E-state index is 0.118. The van der Waals surface area contributed by atoms with Crippen LogP contribution in [0.25, 0.3) is 0 Å². The normalized spacial score (nSPS) is 12.8. The van der Waals surface area contributed by atoms with Crippen LogP contribution in [0.3, 0.4) is 0 Å². The molecule has 0 radical (unpaired) electrons. The van der Waals surface area contributed by atoms with Crippen molar-refractivity contribution in [3.63, 3.8) is 0 Å². The highest BCUT2D eigenvalue weighted by Gasteiger charge is 2.15. The van der Waals surface area contributed by atoms with Gasteiger partial charge in [-0.25, -0.2) is 4.68 Å². The monoisotopic (exact) mass is 196 g/mol. The zero-order valence-corrected chi connectivity index (χ0v) is 8.90. The number of aryl methyl sites for hydroxylation is 1. The molecule has 0 N–H and O–H groups in total. The van der Waals surface area contributed by atoms with E-state index in [-0.39, 0.29) is 11.8 Å². The first kappa shape index (κ1) is 10.8. The Bertz CT molecular complexity index is 308. The molecule has 0 amide bonds. The number of Topliss-reactive ketones (excluding diaryl/α,β-unsaturated/α-hetero) is 1. The van der Waals surface area contributed by atoms with E-state index in [1.165, 1.54) is 0 Å². The van der Waals surface area contributed by atoms with Gasteiger partial charge in [0, 0.05) is 6.42 Å². The number of nitrogens with zero attached hydrogens (tertiary/aromatic N) is 4. The second kappa shape index (κ2) is 4.83. The SMILES string of the molecule is CCC[C@@H](CC(C)=O)n1nnnc1C. The van der Waals surface area contributed by atoms with E-state index in [1.54, 1.807) is 11.6 Å². The molecule has 0 spiro atoms. The van der Waals surface area contributed by atoms with Crippen LogP contribution in [0.4, 0.5) is 0 Å². The van der Waals surface area contributed by atoms with Crippen LogP contribution in [0.1, 0.15) is 45.0 Å². The predicted octanol–water partition coefficient (Wildman–Crippen LogP) is 1.30. The highest BCUT2D eigenvalue weighted by molar-refractivity contribution is 5.75. The second-order valence-corrected chi connectivity index (χ2v) is 3.52. The van der Waals surface area contributed by atoms with Crippen LogP contribution >= 0.6 is 0 Å². The van der Waals surface area contributed by atoms with Crippen molar-refractivity contribution < 1.29 is 4.79 Å². The van der Waals surface area contributed by atoms with Gasteiger partial charge in [-0.1, -0.05) is 13.3 Å². The van der Waals surface area contributed by atoms with E-state index in [2.05, 4.69) is 22.4 Å². The van der Waals surface area contributed by atoms with Crippen molar-refractivity contribution in [3.05, 3.63) is 5.82 Å². The Morgan fingerprint density at radius 1 is 1.57 bits per heavy atom. The van der Waals surface area contributed by atoms with Crippen LogP contribution in [0.15, 0.2) is 0 Å². The molecule has 14 heavy (non-hydrogen) atoms. The number of tetrazole rings is 1. The van der Waals surface area contributed by atoms with Crippen LogP contribution < -0.4 is 0 Å². The lowest BCUT2D eigenvalue weighted by Crippen LogP contribution is -2.15. The Morgan fingerprint density at radius 3 is 2.71 bits per heavy atom. The lowest BCUT2D eigenvalue weighted by Gasteiger charge is -2.14. The van der Waals surface area contributed by atoms with Crippen molar-refractivity contribution in [2.75, 3.05) is 0 Å². The Labute approximate surface area is 83.5 Å². The molecule has 1 heterocycles. The summed E-state index contributed by atoms with van der Waals surface area (Å²) in [5, 5.41) is 11.3. The van der Waals surface area contributed by atoms with Crippen molar-refractivity contribution in [1.82, 2.24) is 20.2 Å². The number of carbonyl (C=O) groups excluding carboxylic acids is 1. The standard InChI is InChI=1S/C9H16N4O/c1-4-5-9(6-7(2)14)13-8(3)10-11-12-13/h9H,4-6H2,1-3H3/t9-/m0/s1. The van der Waals surface area contributed by atoms with Crippen LogP contribution in [-0.4, -0.2) is 26.0 Å². The van der Waals surface area contributed by atoms with Gasteiger partial charge < -0.3 is 0 Å². The largest absolute Gasteiger partial charge is 0.300 e. The lowest BCUT2D eigenvalue weighted by molar-refractivity contribution is -0.117. The molecule has 0 saturated heterocycles. The van der Waals surface area contributed by atoms with Gasteiger partial charge in [-0.05, 0) is 30.7 Å². The van der Waals surface area contributed by atoms with Gasteiger partial charge in [-0.3, -0.25) is 4.79 Å². The van der Waals surface area contributed by atoms with Crippen molar-refractivity contribution in [1.29, 1.82) is 0 Å². The summed E-state index contributed by atoms with van der Waals surface area (Å²) in [4.78, 5) is 11.1. The zero-order valence-electron chi connectivity index (χ0n) is 8.90. The van der Waals surface area contributed by atoms with Crippen molar-refractivity contribution in [2.45, 2.75) is 46.1 Å². The number of rotatable bonds is 5. The van der Waals surface area contributed by atoms with Crippen molar-refractivity contribution in [3.8, 4) is 0 Å². The molecule has 0 aromatic carbocycles. The molecule has 0 aliphatic carbocycles. The van der Waals surface area contributed by atoms with Gasteiger partial charge in [0.05, 0.1) is 6.04 Å². The number of hydrogen-bond acceptors (Lipinski definition) is 4. The van der Waals surface area contributed by atoms with Crippen LogP contribution in [0.2, 0.25) is 0 Å². The highest BCUT2D eigenvalue weighted by atomic mass is 16.1. The molecule has 0 fully saturated rings. The molecule has 0 unspecified atom stereocenters. The Morgan fingerprint density at radius 2 is 2.29 bits per heavy atom. The summed E-state index contributed by atoms with van der Waals surface area (Å²) >= 11 is 0. The third kappa shape index (κ3) is 2.61. The number of carbonyl (C=O) groups is 1. The van der Waals surface area contributed by atoms with E-state index in [1.807, 2.05) is 6.92 Å². The van der Waals surface area contributed by atoms with Gasteiger partial charge in [0.2, 0.25) is 0 Å². The smallest absolute Gasteiger partial charge is 0.148 e. The van der Waals surface area contributed by atoms with Crippen molar-refractivity contribution >= 4 is 5.78 Å². The Kier molecular flexibility index (Phi) is 3.73. The average Bonchev–Trinajstić information content (AvgIpc) is 2.50. The highest BCUT2D eigenvalue weighted by Crippen LogP contribution is 2.17. The molecule has 5 heteroatoms. The molecule has 0 aliphatic rings. The second-order valence-electron chi connectivity index (χ2n) is 3.52. The fraction of sp³-hybridized carbons (Fsp3) is 0.778. The molecule has 5 nitrogen and oxygen atoms in total. The molecule has 0 aliphatic heterocycles. The van der Waals surface area contributed by atoms with E-state index in [9.17, 15) is 4.79 Å². The molecule has 0 bridgehead atoms. The third-order valence-electron chi connectivity index (χ3n) is 2.15. The first-order valence-corrected chi connectivity index (χ1v) is 4.89. The molecule has 1 aromatic rings. The zero-order chi connectivity index (χ0) is 10.6. The molecule has 78 valence electrons. The first-order chi connectivity index (χ1) is 6.65. The topological polar surface area (TPSA) is 60.7 Å². The quantitative estimate of drug-likeness (QED) is 0.712. The summed E-state index contributed by atoms with van der Waals surface area (Å²) < 4.78 is 1.74. The van der Waals surface area contributed by atoms with Gasteiger partial charge in [0.1, 0.15) is 11.6 Å². The average molecular weight is 196 g/mol. The maximum atomic E-state index is 11.1. The van der Waals surface area contributed by atoms with E-state index in [4.69, 9.17) is 0 Å². The summed E-state index contributed by atoms with van der Waals surface area (Å²) in [5.74, 6) is 0.947. The van der Waals surface area contributed by atoms with E-state index in [0.29, 0.717) is 6.42 Å². The fourth-order valence-electron chi connectivity index (χ4n) is 1.55. The Hall–Kier alpha value is -1.26. The fourth-order valence-corrected chi connectivity index (χ4v) is 1.55. The first-order valence-electron chi connectivity index (χ1n) is 4.89. The molecular weight excluding hydrogens is 180 g/mol. The van der Waals surface area contributed by atoms with Gasteiger partial charge in [0.15, 0.2) is 0 Å². The van der Waals surface area contributed by atoms with Gasteiger partial charge in [0.25, 0.3) is 0 Å². The minimum Gasteiger partial charge on any atom is -0.300 e. The lowest BCUT2D eigenvalue weighted by atomic mass is 10.1. The van der Waals surface area contributed by atoms with E-state index >= 15 is 0 Å². The number of ketones is 1. The van der Waals surface area contributed by atoms with Gasteiger partial charge >= 0.3 is 0 Å². The predicted molar refractivity (Wildman–Crippen MR) is 51.8 cm³/mol. The molecule has 0 saturated carbocycles. The Balaban J connectivity index is 2.77. The van der Waals surface area contributed by atoms with E-state index in [0.717, 1.165) is 18.7 Å². The summed E-state index contributed by atoms with van der Waals surface area (Å²) in [6, 6.07) is 0.118. The third-order valence-corrected chi connectivity index (χ3v) is 2.15. The maximum Gasteiger partial charge on any atom is 0.148 e. The summed E-state index contributed by atoms with van der Waals surface area (Å²) in [6.07, 6.45) is 2.47.